The van der Waals surface area contributed by atoms with E-state index in [1.807, 2.05) is 31.2 Å². The molecule has 0 saturated carbocycles. The third-order valence-corrected chi connectivity index (χ3v) is 4.84. The molecule has 2 N–H and O–H groups in total. The molecule has 1 aliphatic carbocycles. The Labute approximate surface area is 155 Å². The summed E-state index contributed by atoms with van der Waals surface area (Å²) < 4.78 is 30.0. The number of nitrogens with one attached hydrogen (secondary N) is 2. The van der Waals surface area contributed by atoms with E-state index >= 15 is 0 Å². The van der Waals surface area contributed by atoms with Crippen LogP contribution in [-0.2, 0) is 11.9 Å². The zero-order valence-corrected chi connectivity index (χ0v) is 15.0. The monoisotopic (exact) mass is 370 g/mol. The van der Waals surface area contributed by atoms with Crippen LogP contribution < -0.4 is 11.0 Å². The van der Waals surface area contributed by atoms with E-state index in [0.29, 0.717) is 23.1 Å². The summed E-state index contributed by atoms with van der Waals surface area (Å²) in [6.07, 6.45) is 8.69. The molecule has 2 aliphatic rings. The molecule has 7 heteroatoms. The Morgan fingerprint density at radius 3 is 2.93 bits per heavy atom. The fourth-order valence-electron chi connectivity index (χ4n) is 3.57. The van der Waals surface area contributed by atoms with Gasteiger partial charge in [0.05, 0.1) is 6.20 Å². The third kappa shape index (κ3) is 3.31. The van der Waals surface area contributed by atoms with Gasteiger partial charge in [-0.25, -0.2) is 8.78 Å². The lowest BCUT2D eigenvalue weighted by Crippen LogP contribution is -2.30. The highest BCUT2D eigenvalue weighted by Gasteiger charge is 2.26. The Morgan fingerprint density at radius 1 is 1.33 bits per heavy atom. The molecular weight excluding hydrogens is 350 g/mol. The lowest BCUT2D eigenvalue weighted by Gasteiger charge is -2.23. The van der Waals surface area contributed by atoms with Gasteiger partial charge in [-0.3, -0.25) is 9.52 Å². The summed E-state index contributed by atoms with van der Waals surface area (Å²) in [7, 11) is 1.77. The smallest absolute Gasteiger partial charge is 0.265 e. The molecule has 1 aromatic heterocycles. The van der Waals surface area contributed by atoms with Gasteiger partial charge in [0.2, 0.25) is 0 Å². The van der Waals surface area contributed by atoms with Crippen LogP contribution in [0.5, 0.6) is 0 Å². The van der Waals surface area contributed by atoms with Gasteiger partial charge in [0.15, 0.2) is 0 Å². The number of benzene rings is 1. The van der Waals surface area contributed by atoms with E-state index in [4.69, 9.17) is 4.84 Å². The van der Waals surface area contributed by atoms with E-state index in [-0.39, 0.29) is 11.7 Å². The van der Waals surface area contributed by atoms with Crippen LogP contribution >= 0.6 is 0 Å². The minimum absolute atomic E-state index is 0.0410. The van der Waals surface area contributed by atoms with Gasteiger partial charge in [-0.2, -0.15) is 5.10 Å². The van der Waals surface area contributed by atoms with Crippen LogP contribution in [0, 0.1) is 6.92 Å². The average Bonchev–Trinajstić information content (AvgIpc) is 2.94. The van der Waals surface area contributed by atoms with Gasteiger partial charge in [0.25, 0.3) is 6.43 Å². The van der Waals surface area contributed by atoms with Gasteiger partial charge >= 0.3 is 0 Å². The van der Waals surface area contributed by atoms with Crippen molar-refractivity contribution in [2.45, 2.75) is 25.9 Å². The summed E-state index contributed by atoms with van der Waals surface area (Å²) in [5, 5.41) is 4.13. The second-order valence-electron chi connectivity index (χ2n) is 6.65. The molecule has 4 rings (SSSR count). The van der Waals surface area contributed by atoms with Crippen molar-refractivity contribution in [2.24, 2.45) is 7.05 Å². The number of hydrazine groups is 1. The SMILES string of the molecule is Cc1ccc(-c2cnn(C)c2)c(C(F)F)c1C1=CCC2ONNC=CC2=C1. The number of fused-ring (bicyclic) bond motifs is 1. The summed E-state index contributed by atoms with van der Waals surface area (Å²) in [6.45, 7) is 1.86. The van der Waals surface area contributed by atoms with Crippen LogP contribution in [0.25, 0.3) is 16.7 Å². The van der Waals surface area contributed by atoms with Crippen molar-refractivity contribution in [3.05, 3.63) is 71.2 Å². The second kappa shape index (κ2) is 7.09. The maximum atomic E-state index is 14.2. The number of aryl methyl sites for hydroxylation is 2. The Kier molecular flexibility index (Phi) is 4.63. The third-order valence-electron chi connectivity index (χ3n) is 4.84. The van der Waals surface area contributed by atoms with Gasteiger partial charge in [0.1, 0.15) is 6.10 Å². The van der Waals surface area contributed by atoms with Crippen molar-refractivity contribution in [3.8, 4) is 11.1 Å². The molecule has 1 atom stereocenters. The largest absolute Gasteiger partial charge is 0.306 e. The van der Waals surface area contributed by atoms with Crippen LogP contribution in [0.15, 0.2) is 54.5 Å². The maximum Gasteiger partial charge on any atom is 0.265 e. The van der Waals surface area contributed by atoms with E-state index < -0.39 is 6.43 Å². The van der Waals surface area contributed by atoms with Gasteiger partial charge in [-0.1, -0.05) is 18.2 Å². The van der Waals surface area contributed by atoms with Gasteiger partial charge < -0.3 is 5.43 Å². The highest BCUT2D eigenvalue weighted by molar-refractivity contribution is 5.85. The Hall–Kier alpha value is -2.77. The van der Waals surface area contributed by atoms with Crippen LogP contribution in [0.4, 0.5) is 8.78 Å². The highest BCUT2D eigenvalue weighted by Crippen LogP contribution is 2.40. The lowest BCUT2D eigenvalue weighted by atomic mass is 9.85. The summed E-state index contributed by atoms with van der Waals surface area (Å²) in [6, 6.07) is 3.64. The fourth-order valence-corrected chi connectivity index (χ4v) is 3.57. The molecule has 1 unspecified atom stereocenters. The van der Waals surface area contributed by atoms with Crippen molar-refractivity contribution < 1.29 is 13.6 Å². The normalized spacial score (nSPS) is 19.2. The topological polar surface area (TPSA) is 51.1 Å². The molecule has 2 heterocycles. The highest BCUT2D eigenvalue weighted by atomic mass is 19.3. The molecule has 0 radical (unpaired) electrons. The van der Waals surface area contributed by atoms with E-state index in [2.05, 4.69) is 16.1 Å². The van der Waals surface area contributed by atoms with Crippen molar-refractivity contribution in [1.82, 2.24) is 20.8 Å². The molecule has 1 aromatic carbocycles. The summed E-state index contributed by atoms with van der Waals surface area (Å²) in [5.74, 6) is 0. The van der Waals surface area contributed by atoms with Crippen molar-refractivity contribution in [3.63, 3.8) is 0 Å². The first-order valence-corrected chi connectivity index (χ1v) is 8.70. The number of aromatic nitrogens is 2. The zero-order chi connectivity index (χ0) is 19.0. The first kappa shape index (κ1) is 17.6. The predicted octanol–water partition coefficient (Wildman–Crippen LogP) is 3.97. The number of nitrogens with zero attached hydrogens (tertiary/aromatic N) is 2. The first-order valence-electron chi connectivity index (χ1n) is 8.70. The molecule has 2 aromatic rings. The van der Waals surface area contributed by atoms with Crippen LogP contribution in [0.3, 0.4) is 0 Å². The van der Waals surface area contributed by atoms with Gasteiger partial charge in [-0.15, -0.1) is 5.59 Å². The molecule has 0 bridgehead atoms. The second-order valence-corrected chi connectivity index (χ2v) is 6.65. The molecule has 27 heavy (non-hydrogen) atoms. The Bertz CT molecular complexity index is 959. The van der Waals surface area contributed by atoms with E-state index in [1.54, 1.807) is 36.4 Å². The summed E-state index contributed by atoms with van der Waals surface area (Å²) >= 11 is 0. The van der Waals surface area contributed by atoms with Crippen molar-refractivity contribution in [2.75, 3.05) is 0 Å². The van der Waals surface area contributed by atoms with E-state index in [9.17, 15) is 8.78 Å². The summed E-state index contributed by atoms with van der Waals surface area (Å²) in [4.78, 5) is 5.50. The van der Waals surface area contributed by atoms with E-state index in [0.717, 1.165) is 16.7 Å². The number of rotatable bonds is 3. The van der Waals surface area contributed by atoms with Crippen molar-refractivity contribution >= 4 is 5.57 Å². The van der Waals surface area contributed by atoms with E-state index in [1.165, 1.54) is 0 Å². The molecule has 0 amide bonds. The molecule has 0 fully saturated rings. The van der Waals surface area contributed by atoms with Crippen molar-refractivity contribution in [1.29, 1.82) is 0 Å². The standard InChI is InChI=1S/C20H20F2N4O/c1-12-3-5-16(15-10-24-26(2)11-15)19(20(21)22)18(12)14-4-6-17-13(9-14)7-8-23-25-27-17/h3-5,7-11,17,20,23,25H,6H2,1-2H3. The average molecular weight is 370 g/mol. The quantitative estimate of drug-likeness (QED) is 0.859. The Balaban J connectivity index is 1.86. The number of hydrogen-bond acceptors (Lipinski definition) is 4. The minimum atomic E-state index is -2.60. The number of allylic oxidation sites excluding steroid dienone is 2. The number of hydrogen-bond donors (Lipinski definition) is 2. The molecule has 1 aliphatic heterocycles. The molecule has 0 spiro atoms. The lowest BCUT2D eigenvalue weighted by molar-refractivity contribution is -0.0167. The number of alkyl halides is 2. The molecule has 140 valence electrons. The molecule has 5 nitrogen and oxygen atoms in total. The maximum absolute atomic E-state index is 14.2. The number of halogens is 2. The van der Waals surface area contributed by atoms with Gasteiger partial charge in [-0.05, 0) is 53.3 Å². The summed E-state index contributed by atoms with van der Waals surface area (Å²) in [5.41, 5.74) is 9.77. The van der Waals surface area contributed by atoms with Crippen LogP contribution in [-0.4, -0.2) is 15.9 Å². The van der Waals surface area contributed by atoms with Crippen LogP contribution in [0.2, 0.25) is 0 Å². The Morgan fingerprint density at radius 2 is 2.19 bits per heavy atom. The first-order chi connectivity index (χ1) is 13.0. The molecular formula is C20H20F2N4O. The fraction of sp³-hybridized carbons (Fsp3) is 0.250. The predicted molar refractivity (Wildman–Crippen MR) is 99.3 cm³/mol. The minimum Gasteiger partial charge on any atom is -0.306 e. The zero-order valence-electron chi connectivity index (χ0n) is 15.0. The van der Waals surface area contributed by atoms with Gasteiger partial charge in [0, 0.05) is 30.6 Å². The molecule has 0 saturated heterocycles. The van der Waals surface area contributed by atoms with Crippen LogP contribution in [0.1, 0.15) is 29.5 Å².